The number of hydrogen-bond donors (Lipinski definition) is 0. The van der Waals surface area contributed by atoms with Gasteiger partial charge >= 0.3 is 0 Å². The minimum atomic E-state index is 0.533. The minimum Gasteiger partial charge on any atom is -0.461 e. The standard InChI is InChI=1S/C12H11FO/c1-9(8-13)6-11-7-10-4-2-3-5-12(10)14-11/h2-5,7-8H,6H2,1H3/b9-8-. The van der Waals surface area contributed by atoms with Crippen LogP contribution in [-0.4, -0.2) is 0 Å². The number of halogens is 1. The first-order valence-corrected chi connectivity index (χ1v) is 4.53. The van der Waals surface area contributed by atoms with Crippen molar-refractivity contribution in [1.82, 2.24) is 0 Å². The van der Waals surface area contributed by atoms with Gasteiger partial charge in [0.15, 0.2) is 0 Å². The van der Waals surface area contributed by atoms with E-state index >= 15 is 0 Å². The molecule has 1 heterocycles. The van der Waals surface area contributed by atoms with Crippen LogP contribution < -0.4 is 0 Å². The summed E-state index contributed by atoms with van der Waals surface area (Å²) >= 11 is 0. The lowest BCUT2D eigenvalue weighted by atomic mass is 10.2. The lowest BCUT2D eigenvalue weighted by Crippen LogP contribution is -1.81. The number of benzene rings is 1. The predicted octanol–water partition coefficient (Wildman–Crippen LogP) is 3.85. The molecule has 0 saturated heterocycles. The van der Waals surface area contributed by atoms with Crippen LogP contribution in [0.25, 0.3) is 11.0 Å². The highest BCUT2D eigenvalue weighted by molar-refractivity contribution is 5.77. The summed E-state index contributed by atoms with van der Waals surface area (Å²) in [5.74, 6) is 0.803. The summed E-state index contributed by atoms with van der Waals surface area (Å²) in [6.07, 6.45) is 1.15. The van der Waals surface area contributed by atoms with Gasteiger partial charge in [-0.3, -0.25) is 0 Å². The second-order valence-corrected chi connectivity index (χ2v) is 3.38. The van der Waals surface area contributed by atoms with Gasteiger partial charge in [0.25, 0.3) is 0 Å². The molecule has 1 aromatic heterocycles. The maximum atomic E-state index is 12.1. The Hall–Kier alpha value is -1.57. The van der Waals surface area contributed by atoms with Crippen molar-refractivity contribution >= 4 is 11.0 Å². The molecule has 0 saturated carbocycles. The summed E-state index contributed by atoms with van der Waals surface area (Å²) in [7, 11) is 0. The molecule has 0 spiro atoms. The molecule has 2 rings (SSSR count). The molecule has 2 aromatic rings. The summed E-state index contributed by atoms with van der Waals surface area (Å²) in [5.41, 5.74) is 1.53. The smallest absolute Gasteiger partial charge is 0.134 e. The average Bonchev–Trinajstić information content (AvgIpc) is 2.59. The van der Waals surface area contributed by atoms with Gasteiger partial charge in [-0.05, 0) is 24.6 Å². The number of para-hydroxylation sites is 1. The molecule has 1 nitrogen and oxygen atoms in total. The molecule has 0 N–H and O–H groups in total. The van der Waals surface area contributed by atoms with E-state index in [9.17, 15) is 4.39 Å². The highest BCUT2D eigenvalue weighted by Crippen LogP contribution is 2.20. The fourth-order valence-electron chi connectivity index (χ4n) is 1.44. The Kier molecular flexibility index (Phi) is 2.35. The van der Waals surface area contributed by atoms with Crippen LogP contribution in [0.15, 0.2) is 46.7 Å². The molecular formula is C12H11FO. The van der Waals surface area contributed by atoms with Crippen LogP contribution >= 0.6 is 0 Å². The van der Waals surface area contributed by atoms with Crippen molar-refractivity contribution in [3.05, 3.63) is 48.0 Å². The van der Waals surface area contributed by atoms with Crippen LogP contribution in [0.1, 0.15) is 12.7 Å². The summed E-state index contributed by atoms with van der Waals surface area (Å²) in [6, 6.07) is 9.72. The van der Waals surface area contributed by atoms with E-state index in [1.165, 1.54) is 0 Å². The molecule has 0 aliphatic carbocycles. The monoisotopic (exact) mass is 190 g/mol. The van der Waals surface area contributed by atoms with E-state index in [1.54, 1.807) is 6.92 Å². The van der Waals surface area contributed by atoms with Crippen molar-refractivity contribution in [2.24, 2.45) is 0 Å². The first-order valence-electron chi connectivity index (χ1n) is 4.53. The minimum absolute atomic E-state index is 0.533. The number of hydrogen-bond acceptors (Lipinski definition) is 1. The maximum Gasteiger partial charge on any atom is 0.134 e. The summed E-state index contributed by atoms with van der Waals surface area (Å²) in [5, 5.41) is 1.06. The van der Waals surface area contributed by atoms with Gasteiger partial charge in [-0.1, -0.05) is 18.2 Å². The molecule has 0 atom stereocenters. The van der Waals surface area contributed by atoms with Crippen molar-refractivity contribution in [2.45, 2.75) is 13.3 Å². The zero-order valence-electron chi connectivity index (χ0n) is 7.96. The van der Waals surface area contributed by atoms with Crippen LogP contribution in [0.4, 0.5) is 4.39 Å². The second-order valence-electron chi connectivity index (χ2n) is 3.38. The lowest BCUT2D eigenvalue weighted by molar-refractivity contribution is 0.558. The average molecular weight is 190 g/mol. The van der Waals surface area contributed by atoms with Crippen LogP contribution in [0.3, 0.4) is 0 Å². The zero-order chi connectivity index (χ0) is 9.97. The van der Waals surface area contributed by atoms with E-state index in [2.05, 4.69) is 0 Å². The van der Waals surface area contributed by atoms with Crippen molar-refractivity contribution < 1.29 is 8.81 Å². The van der Waals surface area contributed by atoms with Gasteiger partial charge in [0.2, 0.25) is 0 Å². The molecule has 0 aliphatic rings. The van der Waals surface area contributed by atoms with Gasteiger partial charge < -0.3 is 4.42 Å². The topological polar surface area (TPSA) is 13.1 Å². The predicted molar refractivity (Wildman–Crippen MR) is 54.8 cm³/mol. The first kappa shape index (κ1) is 9.00. The number of allylic oxidation sites excluding steroid dienone is 1. The third-order valence-corrected chi connectivity index (χ3v) is 2.12. The SMILES string of the molecule is C/C(=C/F)Cc1cc2ccccc2o1. The Morgan fingerprint density at radius 2 is 2.21 bits per heavy atom. The van der Waals surface area contributed by atoms with Crippen LogP contribution in [-0.2, 0) is 6.42 Å². The third-order valence-electron chi connectivity index (χ3n) is 2.12. The van der Waals surface area contributed by atoms with Gasteiger partial charge in [0, 0.05) is 11.8 Å². The molecule has 0 radical (unpaired) electrons. The third kappa shape index (κ3) is 1.69. The molecule has 72 valence electrons. The second kappa shape index (κ2) is 3.66. The summed E-state index contributed by atoms with van der Waals surface area (Å²) in [4.78, 5) is 0. The van der Waals surface area contributed by atoms with Gasteiger partial charge in [-0.15, -0.1) is 0 Å². The van der Waals surface area contributed by atoms with Gasteiger partial charge in [0.05, 0.1) is 6.33 Å². The first-order chi connectivity index (χ1) is 6.79. The maximum absolute atomic E-state index is 12.1. The summed E-state index contributed by atoms with van der Waals surface area (Å²) in [6.45, 7) is 1.74. The Morgan fingerprint density at radius 3 is 2.93 bits per heavy atom. The number of rotatable bonds is 2. The van der Waals surface area contributed by atoms with E-state index in [1.807, 2.05) is 30.3 Å². The summed E-state index contributed by atoms with van der Waals surface area (Å²) < 4.78 is 17.7. The van der Waals surface area contributed by atoms with Crippen molar-refractivity contribution in [3.63, 3.8) is 0 Å². The number of fused-ring (bicyclic) bond motifs is 1. The van der Waals surface area contributed by atoms with Crippen molar-refractivity contribution in [3.8, 4) is 0 Å². The Labute approximate surface area is 81.8 Å². The molecule has 0 aliphatic heterocycles. The highest BCUT2D eigenvalue weighted by Gasteiger charge is 2.03. The molecule has 0 fully saturated rings. The normalized spacial score (nSPS) is 12.3. The molecule has 2 heteroatoms. The molecule has 0 amide bonds. The fraction of sp³-hybridized carbons (Fsp3) is 0.167. The van der Waals surface area contributed by atoms with E-state index in [0.29, 0.717) is 18.3 Å². The zero-order valence-corrected chi connectivity index (χ0v) is 7.96. The van der Waals surface area contributed by atoms with E-state index in [0.717, 1.165) is 16.7 Å². The van der Waals surface area contributed by atoms with E-state index in [4.69, 9.17) is 4.42 Å². The van der Waals surface area contributed by atoms with Gasteiger partial charge in [-0.2, -0.15) is 0 Å². The molecular weight excluding hydrogens is 179 g/mol. The van der Waals surface area contributed by atoms with Crippen molar-refractivity contribution in [1.29, 1.82) is 0 Å². The van der Waals surface area contributed by atoms with E-state index < -0.39 is 0 Å². The lowest BCUT2D eigenvalue weighted by Gasteiger charge is -1.92. The molecule has 0 unspecified atom stereocenters. The Balaban J connectivity index is 2.36. The molecule has 0 bridgehead atoms. The van der Waals surface area contributed by atoms with Crippen molar-refractivity contribution in [2.75, 3.05) is 0 Å². The van der Waals surface area contributed by atoms with Crippen LogP contribution in [0.2, 0.25) is 0 Å². The van der Waals surface area contributed by atoms with E-state index in [-0.39, 0.29) is 0 Å². The Morgan fingerprint density at radius 1 is 1.43 bits per heavy atom. The quantitative estimate of drug-likeness (QED) is 0.701. The Bertz CT molecular complexity index is 435. The molecule has 14 heavy (non-hydrogen) atoms. The van der Waals surface area contributed by atoms with Crippen LogP contribution in [0, 0.1) is 0 Å². The van der Waals surface area contributed by atoms with Gasteiger partial charge in [-0.25, -0.2) is 4.39 Å². The van der Waals surface area contributed by atoms with Crippen LogP contribution in [0.5, 0.6) is 0 Å². The molecule has 1 aromatic carbocycles. The number of furan rings is 1. The largest absolute Gasteiger partial charge is 0.461 e. The highest BCUT2D eigenvalue weighted by atomic mass is 19.1. The van der Waals surface area contributed by atoms with Gasteiger partial charge in [0.1, 0.15) is 11.3 Å². The fourth-order valence-corrected chi connectivity index (χ4v) is 1.44.